The number of benzene rings is 1. The lowest BCUT2D eigenvalue weighted by Gasteiger charge is -2.12. The minimum atomic E-state index is 0.0763. The zero-order valence-corrected chi connectivity index (χ0v) is 11.7. The maximum atomic E-state index is 8.62. The summed E-state index contributed by atoms with van der Waals surface area (Å²) in [7, 11) is 0. The van der Waals surface area contributed by atoms with E-state index in [4.69, 9.17) is 22.5 Å². The Morgan fingerprint density at radius 3 is 2.79 bits per heavy atom. The van der Waals surface area contributed by atoms with Gasteiger partial charge in [-0.2, -0.15) is 0 Å². The van der Waals surface area contributed by atoms with Crippen LogP contribution in [0.25, 0.3) is 0 Å². The minimum absolute atomic E-state index is 0.0763. The molecular formula is C14H20ClN3O. The number of amidine groups is 1. The van der Waals surface area contributed by atoms with Crippen LogP contribution in [-0.2, 0) is 6.54 Å². The number of nitrogens with zero attached hydrogens (tertiary/aromatic N) is 1. The number of halogens is 1. The van der Waals surface area contributed by atoms with E-state index in [2.05, 4.69) is 10.5 Å². The molecule has 1 aliphatic rings. The summed E-state index contributed by atoms with van der Waals surface area (Å²) in [4.78, 5) is 0. The molecule has 0 aromatic heterocycles. The van der Waals surface area contributed by atoms with Crippen LogP contribution >= 0.6 is 11.6 Å². The Morgan fingerprint density at radius 1 is 1.42 bits per heavy atom. The van der Waals surface area contributed by atoms with Crippen molar-refractivity contribution in [1.82, 2.24) is 5.32 Å². The molecule has 19 heavy (non-hydrogen) atoms. The van der Waals surface area contributed by atoms with Crippen LogP contribution in [-0.4, -0.2) is 17.6 Å². The average molecular weight is 282 g/mol. The van der Waals surface area contributed by atoms with E-state index < -0.39 is 0 Å². The highest BCUT2D eigenvalue weighted by Gasteiger charge is 2.14. The van der Waals surface area contributed by atoms with Gasteiger partial charge in [0.1, 0.15) is 0 Å². The van der Waals surface area contributed by atoms with Gasteiger partial charge in [-0.1, -0.05) is 41.7 Å². The lowest BCUT2D eigenvalue weighted by Crippen LogP contribution is -2.21. The van der Waals surface area contributed by atoms with Gasteiger partial charge in [-0.05, 0) is 36.9 Å². The molecule has 0 aliphatic heterocycles. The fourth-order valence-corrected chi connectivity index (χ4v) is 2.78. The number of hydrogen-bond acceptors (Lipinski definition) is 3. The molecule has 0 unspecified atom stereocenters. The van der Waals surface area contributed by atoms with E-state index in [9.17, 15) is 0 Å². The number of rotatable bonds is 5. The van der Waals surface area contributed by atoms with Crippen molar-refractivity contribution >= 4 is 17.4 Å². The molecule has 0 heterocycles. The topological polar surface area (TPSA) is 70.6 Å². The summed E-state index contributed by atoms with van der Waals surface area (Å²) in [6, 6.07) is 5.45. The van der Waals surface area contributed by atoms with Crippen molar-refractivity contribution in [2.24, 2.45) is 16.8 Å². The molecule has 0 atom stereocenters. The summed E-state index contributed by atoms with van der Waals surface area (Å²) in [5.74, 6) is 0.891. The minimum Gasteiger partial charge on any atom is -0.409 e. The van der Waals surface area contributed by atoms with E-state index in [1.807, 2.05) is 12.1 Å². The van der Waals surface area contributed by atoms with Gasteiger partial charge < -0.3 is 16.3 Å². The number of hydrogen-bond donors (Lipinski definition) is 3. The maximum Gasteiger partial charge on any atom is 0.170 e. The molecule has 1 aliphatic carbocycles. The van der Waals surface area contributed by atoms with Crippen molar-refractivity contribution in [3.05, 3.63) is 34.3 Å². The van der Waals surface area contributed by atoms with Gasteiger partial charge in [0.05, 0.1) is 0 Å². The van der Waals surface area contributed by atoms with Crippen LogP contribution in [0.2, 0.25) is 5.02 Å². The van der Waals surface area contributed by atoms with Gasteiger partial charge in [0.25, 0.3) is 0 Å². The van der Waals surface area contributed by atoms with Gasteiger partial charge >= 0.3 is 0 Å². The third-order valence-corrected chi connectivity index (χ3v) is 4.03. The quantitative estimate of drug-likeness (QED) is 0.336. The maximum absolute atomic E-state index is 8.62. The SMILES string of the molecule is N/C(=N/O)c1ccc(CNCC2CCCC2)c(Cl)c1. The molecule has 1 aromatic rings. The zero-order chi connectivity index (χ0) is 13.7. The Morgan fingerprint density at radius 2 is 2.16 bits per heavy atom. The summed E-state index contributed by atoms with van der Waals surface area (Å²) < 4.78 is 0. The first-order chi connectivity index (χ1) is 9.20. The molecule has 1 aromatic carbocycles. The molecule has 0 bridgehead atoms. The van der Waals surface area contributed by atoms with Crippen LogP contribution < -0.4 is 11.1 Å². The van der Waals surface area contributed by atoms with Crippen LogP contribution in [0.3, 0.4) is 0 Å². The summed E-state index contributed by atoms with van der Waals surface area (Å²) in [6.45, 7) is 1.81. The van der Waals surface area contributed by atoms with E-state index in [0.717, 1.165) is 24.6 Å². The average Bonchev–Trinajstić information content (AvgIpc) is 2.93. The van der Waals surface area contributed by atoms with Crippen molar-refractivity contribution in [3.63, 3.8) is 0 Å². The Bertz CT molecular complexity index is 456. The van der Waals surface area contributed by atoms with E-state index in [1.54, 1.807) is 6.07 Å². The lowest BCUT2D eigenvalue weighted by atomic mass is 10.1. The smallest absolute Gasteiger partial charge is 0.170 e. The molecule has 1 saturated carbocycles. The Balaban J connectivity index is 1.89. The highest BCUT2D eigenvalue weighted by atomic mass is 35.5. The van der Waals surface area contributed by atoms with Gasteiger partial charge in [-0.25, -0.2) is 0 Å². The van der Waals surface area contributed by atoms with Crippen LogP contribution in [0.5, 0.6) is 0 Å². The first kappa shape index (κ1) is 14.2. The molecule has 0 amide bonds. The molecule has 4 N–H and O–H groups in total. The Kier molecular flexibility index (Phi) is 5.05. The molecule has 0 radical (unpaired) electrons. The predicted octanol–water partition coefficient (Wildman–Crippen LogP) is 2.71. The largest absolute Gasteiger partial charge is 0.409 e. The van der Waals surface area contributed by atoms with E-state index in [1.165, 1.54) is 25.7 Å². The lowest BCUT2D eigenvalue weighted by molar-refractivity contribution is 0.318. The van der Waals surface area contributed by atoms with Crippen molar-refractivity contribution in [3.8, 4) is 0 Å². The second-order valence-electron chi connectivity index (χ2n) is 5.07. The van der Waals surface area contributed by atoms with Crippen LogP contribution in [0, 0.1) is 5.92 Å². The standard InChI is InChI=1S/C14H20ClN3O/c15-13-7-11(14(16)18-19)5-6-12(13)9-17-8-10-3-1-2-4-10/h5-7,10,17,19H,1-4,8-9H2,(H2,16,18). The summed E-state index contributed by atoms with van der Waals surface area (Å²) in [5, 5.41) is 15.7. The molecule has 1 fully saturated rings. The zero-order valence-electron chi connectivity index (χ0n) is 10.9. The highest BCUT2D eigenvalue weighted by molar-refractivity contribution is 6.31. The third-order valence-electron chi connectivity index (χ3n) is 3.68. The number of nitrogens with one attached hydrogen (secondary N) is 1. The van der Waals surface area contributed by atoms with Crippen LogP contribution in [0.15, 0.2) is 23.4 Å². The van der Waals surface area contributed by atoms with Crippen molar-refractivity contribution in [1.29, 1.82) is 0 Å². The monoisotopic (exact) mass is 281 g/mol. The molecule has 0 saturated heterocycles. The normalized spacial score (nSPS) is 17.0. The summed E-state index contributed by atoms with van der Waals surface area (Å²) in [6.07, 6.45) is 5.40. The summed E-state index contributed by atoms with van der Waals surface area (Å²) >= 11 is 6.19. The van der Waals surface area contributed by atoms with Gasteiger partial charge in [-0.3, -0.25) is 0 Å². The number of nitrogens with two attached hydrogens (primary N) is 1. The van der Waals surface area contributed by atoms with E-state index >= 15 is 0 Å². The Labute approximate surface area is 118 Å². The van der Waals surface area contributed by atoms with Crippen molar-refractivity contribution < 1.29 is 5.21 Å². The second kappa shape index (κ2) is 6.78. The molecule has 4 nitrogen and oxygen atoms in total. The molecule has 2 rings (SSSR count). The van der Waals surface area contributed by atoms with Gasteiger partial charge in [0, 0.05) is 17.1 Å². The Hall–Kier alpha value is -1.26. The fraction of sp³-hybridized carbons (Fsp3) is 0.500. The molecule has 5 heteroatoms. The number of oxime groups is 1. The second-order valence-corrected chi connectivity index (χ2v) is 5.48. The van der Waals surface area contributed by atoms with Crippen LogP contribution in [0.1, 0.15) is 36.8 Å². The third kappa shape index (κ3) is 3.85. The van der Waals surface area contributed by atoms with Gasteiger partial charge in [-0.15, -0.1) is 0 Å². The predicted molar refractivity (Wildman–Crippen MR) is 77.6 cm³/mol. The van der Waals surface area contributed by atoms with Crippen molar-refractivity contribution in [2.75, 3.05) is 6.54 Å². The fourth-order valence-electron chi connectivity index (χ4n) is 2.53. The van der Waals surface area contributed by atoms with Crippen LogP contribution in [0.4, 0.5) is 0 Å². The molecule has 104 valence electrons. The van der Waals surface area contributed by atoms with Gasteiger partial charge in [0.15, 0.2) is 5.84 Å². The van der Waals surface area contributed by atoms with E-state index in [0.29, 0.717) is 10.6 Å². The van der Waals surface area contributed by atoms with Crippen molar-refractivity contribution in [2.45, 2.75) is 32.2 Å². The molecule has 0 spiro atoms. The first-order valence-corrected chi connectivity index (χ1v) is 7.05. The first-order valence-electron chi connectivity index (χ1n) is 6.67. The van der Waals surface area contributed by atoms with E-state index in [-0.39, 0.29) is 5.84 Å². The molecular weight excluding hydrogens is 262 g/mol. The highest BCUT2D eigenvalue weighted by Crippen LogP contribution is 2.24. The van der Waals surface area contributed by atoms with Gasteiger partial charge in [0.2, 0.25) is 0 Å². The summed E-state index contributed by atoms with van der Waals surface area (Å²) in [5.41, 5.74) is 7.19.